The number of carboxylic acid groups (broad SMARTS) is 2. The third-order valence-electron chi connectivity index (χ3n) is 9.99. The number of carbonyl (C=O) groups excluding carboxylic acids is 2. The van der Waals surface area contributed by atoms with Crippen LogP contribution < -0.4 is 0 Å². The maximum Gasteiger partial charge on any atom is 2.00 e. The van der Waals surface area contributed by atoms with E-state index in [9.17, 15) is 19.2 Å². The third-order valence-corrected chi connectivity index (χ3v) is 9.99. The van der Waals surface area contributed by atoms with E-state index in [4.69, 9.17) is 34.3 Å². The van der Waals surface area contributed by atoms with E-state index >= 15 is 0 Å². The van der Waals surface area contributed by atoms with Crippen molar-refractivity contribution in [1.29, 1.82) is 0 Å². The first-order valence-corrected chi connectivity index (χ1v) is 39.2. The quantitative estimate of drug-likeness (QED) is 0.0810. The summed E-state index contributed by atoms with van der Waals surface area (Å²) < 4.78 is 22.0. The van der Waals surface area contributed by atoms with Crippen LogP contribution in [0.25, 0.3) is 0 Å². The molecule has 15 nitrogen and oxygen atoms in total. The molecule has 4 aliphatic heterocycles. The van der Waals surface area contributed by atoms with E-state index in [1.807, 2.05) is 232 Å². The van der Waals surface area contributed by atoms with E-state index < -0.39 is 17.5 Å². The van der Waals surface area contributed by atoms with E-state index in [0.29, 0.717) is 43.0 Å². The van der Waals surface area contributed by atoms with Crippen molar-refractivity contribution < 1.29 is 53.4 Å². The fourth-order valence-corrected chi connectivity index (χ4v) is 6.41. The summed E-state index contributed by atoms with van der Waals surface area (Å²) >= 11 is 0. The van der Waals surface area contributed by atoms with Crippen LogP contribution in [0.5, 0.6) is 0 Å². The number of benzene rings is 6. The molecular formula is C98H168MgN4O11. The SMILES string of the molecule is C.C=C(C)C.CC.CC.CC.CC.CC.CC.CC.CC(C)(C)C.CC(C)(C)O.CC(C)=O.CC(C)=O.CC(C)C.CC1(C)COC(c2ccccc2)=N1.CC1(C)COC(c2ccccc2)=N1.CC1(C)COC(c2ccccc2)=N1.CC1(C)COC(c2ccccc2)=N1.O=C(O)c1ccccc1.O=C(O)c1ccccc1.[CH3-].[CH3-].[Mg+2]. The van der Waals surface area contributed by atoms with Crippen molar-refractivity contribution >= 4 is 70.1 Å². The van der Waals surface area contributed by atoms with E-state index in [-0.39, 0.29) is 79.1 Å². The van der Waals surface area contributed by atoms with Crippen molar-refractivity contribution in [2.75, 3.05) is 26.4 Å². The molecule has 0 amide bonds. The van der Waals surface area contributed by atoms with E-state index in [1.165, 1.54) is 33.3 Å². The van der Waals surface area contributed by atoms with Crippen LogP contribution in [0.4, 0.5) is 0 Å². The van der Waals surface area contributed by atoms with Gasteiger partial charge in [-0.3, -0.25) is 0 Å². The van der Waals surface area contributed by atoms with Gasteiger partial charge in [-0.2, -0.15) is 0 Å². The summed E-state index contributed by atoms with van der Waals surface area (Å²) in [7, 11) is 0. The predicted octanol–water partition coefficient (Wildman–Crippen LogP) is 27.3. The van der Waals surface area contributed by atoms with Crippen LogP contribution in [-0.2, 0) is 28.5 Å². The number of aliphatic imine (C=N–C) groups is 4. The second-order valence-electron chi connectivity index (χ2n) is 28.8. The van der Waals surface area contributed by atoms with Gasteiger partial charge in [-0.05, 0) is 202 Å². The average Bonchev–Trinajstić information content (AvgIpc) is 1.73. The summed E-state index contributed by atoms with van der Waals surface area (Å²) in [5, 5.41) is 25.3. The normalized spacial score (nSPS) is 12.7. The molecule has 4 heterocycles. The maximum atomic E-state index is 10.2. The van der Waals surface area contributed by atoms with Gasteiger partial charge in [0.1, 0.15) is 38.0 Å². The van der Waals surface area contributed by atoms with Gasteiger partial charge in [0.2, 0.25) is 23.6 Å². The minimum absolute atomic E-state index is 0. The number of carbonyl (C=O) groups is 4. The van der Waals surface area contributed by atoms with Crippen LogP contribution in [0.15, 0.2) is 214 Å². The zero-order valence-electron chi connectivity index (χ0n) is 79.0. The van der Waals surface area contributed by atoms with Crippen LogP contribution in [-0.4, -0.2) is 140 Å². The minimum atomic E-state index is -0.879. The monoisotopic (exact) mass is 1600 g/mol. The predicted molar refractivity (Wildman–Crippen MR) is 504 cm³/mol. The molecule has 648 valence electrons. The van der Waals surface area contributed by atoms with E-state index in [1.54, 1.807) is 81.4 Å². The Balaban J connectivity index is -0.0000000891. The summed E-state index contributed by atoms with van der Waals surface area (Å²) in [4.78, 5) is 57.2. The number of nitrogens with zero attached hydrogens (tertiary/aromatic N) is 4. The Morgan fingerprint density at radius 2 is 0.456 bits per heavy atom. The van der Waals surface area contributed by atoms with E-state index in [2.05, 4.69) is 130 Å². The van der Waals surface area contributed by atoms with Crippen molar-refractivity contribution in [2.45, 2.75) is 298 Å². The Kier molecular flexibility index (Phi) is 96.6. The Bertz CT molecular complexity index is 2890. The third kappa shape index (κ3) is 94.5. The molecule has 0 saturated carbocycles. The summed E-state index contributed by atoms with van der Waals surface area (Å²) in [6.45, 7) is 81.4. The van der Waals surface area contributed by atoms with Gasteiger partial charge < -0.3 is 58.7 Å². The van der Waals surface area contributed by atoms with Crippen LogP contribution >= 0.6 is 0 Å². The topological polar surface area (TPSA) is 215 Å². The molecule has 0 unspecified atom stereocenters. The van der Waals surface area contributed by atoms with Crippen molar-refractivity contribution in [1.82, 2.24) is 0 Å². The summed E-state index contributed by atoms with van der Waals surface area (Å²) in [5.41, 5.74) is 5.82. The summed E-state index contributed by atoms with van der Waals surface area (Å²) in [5.74, 6) is 2.48. The van der Waals surface area contributed by atoms with Gasteiger partial charge in [-0.15, -0.1) is 6.58 Å². The van der Waals surface area contributed by atoms with Crippen LogP contribution in [0.3, 0.4) is 0 Å². The van der Waals surface area contributed by atoms with Gasteiger partial charge in [-0.25, -0.2) is 29.6 Å². The standard InChI is InChI=1S/4C11H13NO.2C7H6O2.C5H12.C4H10O.C4H10.C4H8.2C3H6O.7C2H6.CH4.2CH3.Mg/c4*1-11(2)8-13-10(12-11)9-6-4-3-5-7-9;2*8-7(9)6-4-2-1-3-5-6;1-5(2,3)4;1-4(2,3)5;2*1-4(2)3;2*1-3(2)4;7*1-2;;;;/h4*3-7H,8H2,1-2H3;2*1-5H,(H,8,9);1-4H3;5H,1-3H3;4H,1-3H3;1H2,2-3H3;2*1-2H3;7*1-2H3;1H4;2*1H3;/q;;;;;;;;;;;;;;;;;;;;2*-1;+2. The fourth-order valence-electron chi connectivity index (χ4n) is 6.41. The first-order valence-electron chi connectivity index (χ1n) is 39.2. The van der Waals surface area contributed by atoms with Crippen molar-refractivity contribution in [2.24, 2.45) is 31.3 Å². The second-order valence-corrected chi connectivity index (χ2v) is 28.8. The zero-order chi connectivity index (χ0) is 87.9. The number of allylic oxidation sites excluding steroid dienone is 1. The number of ketones is 2. The number of Topliss-reactive ketones (excluding diaryl/α,β-unsaturated/α-hetero) is 2. The average molecular weight is 1600 g/mol. The molecule has 0 fully saturated rings. The Hall–Kier alpha value is -8.05. The second kappa shape index (κ2) is 81.5. The number of ether oxygens (including phenoxy) is 4. The molecular weight excluding hydrogens is 1430 g/mol. The van der Waals surface area contributed by atoms with Gasteiger partial charge in [0.25, 0.3) is 0 Å². The molecule has 4 aliphatic rings. The molecule has 6 aromatic carbocycles. The smallest absolute Gasteiger partial charge is 0.478 e. The molecule has 6 aromatic rings. The fraction of sp³-hybridized carbons (Fsp3) is 0.510. The molecule has 114 heavy (non-hydrogen) atoms. The van der Waals surface area contributed by atoms with Gasteiger partial charge in [0, 0.05) is 22.3 Å². The first kappa shape index (κ1) is 135. The molecule has 0 saturated heterocycles. The molecule has 0 radical (unpaired) electrons. The Labute approximate surface area is 717 Å². The number of aromatic carboxylic acids is 2. The molecule has 16 heteroatoms. The van der Waals surface area contributed by atoms with Gasteiger partial charge >= 0.3 is 35.0 Å². The van der Waals surface area contributed by atoms with Gasteiger partial charge in [0.15, 0.2) is 0 Å². The summed E-state index contributed by atoms with van der Waals surface area (Å²) in [6, 6.07) is 56.6. The molecule has 10 rings (SSSR count). The largest absolute Gasteiger partial charge is 2.00 e. The molecule has 0 bridgehead atoms. The molecule has 0 spiro atoms. The number of aliphatic hydroxyl groups is 1. The zero-order valence-corrected chi connectivity index (χ0v) is 80.5. The van der Waals surface area contributed by atoms with Crippen LogP contribution in [0.1, 0.15) is 313 Å². The van der Waals surface area contributed by atoms with Gasteiger partial charge in [-0.1, -0.05) is 268 Å². The van der Waals surface area contributed by atoms with E-state index in [0.717, 1.165) is 51.8 Å². The molecule has 3 N–H and O–H groups in total. The molecule has 0 aromatic heterocycles. The minimum Gasteiger partial charge on any atom is -0.478 e. The maximum absolute atomic E-state index is 10.2. The Morgan fingerprint density at radius 1 is 0.351 bits per heavy atom. The molecule has 0 atom stereocenters. The van der Waals surface area contributed by atoms with Crippen LogP contribution in [0, 0.1) is 26.2 Å². The number of hydrogen-bond acceptors (Lipinski definition) is 13. The molecule has 0 aliphatic carbocycles. The number of rotatable bonds is 6. The van der Waals surface area contributed by atoms with Crippen molar-refractivity contribution in [3.05, 3.63) is 242 Å². The number of carboxylic acids is 2. The van der Waals surface area contributed by atoms with Gasteiger partial charge in [0.05, 0.1) is 38.9 Å². The Morgan fingerprint density at radius 3 is 0.535 bits per heavy atom. The first-order chi connectivity index (χ1) is 51.2. The summed E-state index contributed by atoms with van der Waals surface area (Å²) in [6.07, 6.45) is 0. The number of hydrogen-bond donors (Lipinski definition) is 3. The van der Waals surface area contributed by atoms with Crippen molar-refractivity contribution in [3.63, 3.8) is 0 Å². The van der Waals surface area contributed by atoms with Crippen molar-refractivity contribution in [3.8, 4) is 0 Å². The van der Waals surface area contributed by atoms with Crippen LogP contribution in [0.2, 0.25) is 0 Å².